The number of amides is 2. The molecule has 1 aromatic heterocycles. The Hall–Kier alpha value is -2.05. The van der Waals surface area contributed by atoms with E-state index in [-0.39, 0.29) is 12.5 Å². The summed E-state index contributed by atoms with van der Waals surface area (Å²) in [6.07, 6.45) is 5.87. The van der Waals surface area contributed by atoms with Crippen molar-refractivity contribution in [2.24, 2.45) is 7.05 Å². The van der Waals surface area contributed by atoms with E-state index in [1.807, 2.05) is 19.3 Å². The van der Waals surface area contributed by atoms with Crippen LogP contribution in [0.25, 0.3) is 0 Å². The van der Waals surface area contributed by atoms with Crippen molar-refractivity contribution in [3.63, 3.8) is 0 Å². The van der Waals surface area contributed by atoms with Gasteiger partial charge in [-0.05, 0) is 18.9 Å². The van der Waals surface area contributed by atoms with Crippen molar-refractivity contribution in [3.05, 3.63) is 18.0 Å². The van der Waals surface area contributed by atoms with E-state index in [0.717, 1.165) is 31.4 Å². The third kappa shape index (κ3) is 4.47. The van der Waals surface area contributed by atoms with Gasteiger partial charge in [-0.1, -0.05) is 12.8 Å². The maximum Gasteiger partial charge on any atom is 0.315 e. The Morgan fingerprint density at radius 2 is 2.14 bits per heavy atom. The van der Waals surface area contributed by atoms with Crippen molar-refractivity contribution in [1.82, 2.24) is 20.4 Å². The smallest absolute Gasteiger partial charge is 0.315 e. The van der Waals surface area contributed by atoms with Crippen LogP contribution in [0.1, 0.15) is 37.8 Å². The molecule has 2 amide bonds. The van der Waals surface area contributed by atoms with Crippen LogP contribution in [0.3, 0.4) is 0 Å². The second-order valence-corrected chi connectivity index (χ2v) is 5.67. The molecule has 1 saturated carbocycles. The van der Waals surface area contributed by atoms with Gasteiger partial charge in [0.25, 0.3) is 0 Å². The Bertz CT molecular complexity index is 506. The molecule has 1 aromatic rings. The van der Waals surface area contributed by atoms with Gasteiger partial charge in [-0.3, -0.25) is 9.48 Å². The Kier molecular flexibility index (Phi) is 4.82. The minimum absolute atomic E-state index is 0.0132. The number of nitrogens with one attached hydrogen (secondary N) is 2. The van der Waals surface area contributed by atoms with Gasteiger partial charge >= 0.3 is 12.0 Å². The first-order chi connectivity index (χ1) is 9.99. The van der Waals surface area contributed by atoms with Gasteiger partial charge in [0.15, 0.2) is 0 Å². The van der Waals surface area contributed by atoms with Crippen LogP contribution in [0.5, 0.6) is 0 Å². The summed E-state index contributed by atoms with van der Waals surface area (Å²) in [6.45, 7) is 0.478. The summed E-state index contributed by atoms with van der Waals surface area (Å²) in [7, 11) is 1.85. The largest absolute Gasteiger partial charge is 0.481 e. The first kappa shape index (κ1) is 15.3. The van der Waals surface area contributed by atoms with E-state index in [0.29, 0.717) is 13.0 Å². The van der Waals surface area contributed by atoms with Crippen LogP contribution in [0.15, 0.2) is 12.3 Å². The number of hydrogen-bond acceptors (Lipinski definition) is 3. The van der Waals surface area contributed by atoms with Gasteiger partial charge < -0.3 is 15.7 Å². The minimum atomic E-state index is -0.870. The standard InChI is InChI=1S/C14H22N4O3/c1-18-9-5-11(17-18)4-8-15-13(21)16-14(10-12(19)20)6-2-3-7-14/h5,9H,2-4,6-8,10H2,1H3,(H,19,20)(H2,15,16,21). The van der Waals surface area contributed by atoms with E-state index in [4.69, 9.17) is 5.11 Å². The van der Waals surface area contributed by atoms with Gasteiger partial charge in [0, 0.05) is 26.2 Å². The fraction of sp³-hybridized carbons (Fsp3) is 0.643. The maximum absolute atomic E-state index is 11.9. The van der Waals surface area contributed by atoms with E-state index in [2.05, 4.69) is 15.7 Å². The predicted molar refractivity (Wildman–Crippen MR) is 76.9 cm³/mol. The minimum Gasteiger partial charge on any atom is -0.481 e. The summed E-state index contributed by atoms with van der Waals surface area (Å²) in [6, 6.07) is 1.61. The van der Waals surface area contributed by atoms with E-state index < -0.39 is 11.5 Å². The number of nitrogens with zero attached hydrogens (tertiary/aromatic N) is 2. The highest BCUT2D eigenvalue weighted by atomic mass is 16.4. The zero-order chi connectivity index (χ0) is 15.3. The zero-order valence-electron chi connectivity index (χ0n) is 12.3. The topological polar surface area (TPSA) is 96.2 Å². The van der Waals surface area contributed by atoms with E-state index in [9.17, 15) is 9.59 Å². The summed E-state index contributed by atoms with van der Waals surface area (Å²) in [5, 5.41) is 18.9. The molecule has 1 aliphatic rings. The number of carbonyl (C=O) groups excluding carboxylic acids is 1. The molecule has 0 atom stereocenters. The molecule has 3 N–H and O–H groups in total. The van der Waals surface area contributed by atoms with Crippen molar-refractivity contribution in [1.29, 1.82) is 0 Å². The highest BCUT2D eigenvalue weighted by Gasteiger charge is 2.37. The second-order valence-electron chi connectivity index (χ2n) is 5.67. The summed E-state index contributed by atoms with van der Waals surface area (Å²) in [5.74, 6) is -0.870. The number of hydrogen-bond donors (Lipinski definition) is 3. The molecule has 0 saturated heterocycles. The number of rotatable bonds is 6. The molecule has 0 aromatic carbocycles. The van der Waals surface area contributed by atoms with Crippen LogP contribution in [0.2, 0.25) is 0 Å². The summed E-state index contributed by atoms with van der Waals surface area (Å²) in [4.78, 5) is 22.9. The molecule has 0 aliphatic heterocycles. The predicted octanol–water partition coefficient (Wildman–Crippen LogP) is 1.05. The normalized spacial score (nSPS) is 16.6. The van der Waals surface area contributed by atoms with Crippen LogP contribution in [0.4, 0.5) is 4.79 Å². The SMILES string of the molecule is Cn1ccc(CCNC(=O)NC2(CC(=O)O)CCCC2)n1. The molecule has 0 unspecified atom stereocenters. The zero-order valence-corrected chi connectivity index (χ0v) is 12.3. The molecule has 2 rings (SSSR count). The lowest BCUT2D eigenvalue weighted by Crippen LogP contribution is -2.51. The van der Waals surface area contributed by atoms with Crippen LogP contribution in [-0.2, 0) is 18.3 Å². The van der Waals surface area contributed by atoms with Crippen molar-refractivity contribution in [2.75, 3.05) is 6.54 Å². The van der Waals surface area contributed by atoms with Gasteiger partial charge in [0.2, 0.25) is 0 Å². The Balaban J connectivity index is 1.78. The van der Waals surface area contributed by atoms with Gasteiger partial charge in [-0.15, -0.1) is 0 Å². The molecular weight excluding hydrogens is 272 g/mol. The monoisotopic (exact) mass is 294 g/mol. The first-order valence-corrected chi connectivity index (χ1v) is 7.25. The molecule has 1 fully saturated rings. The van der Waals surface area contributed by atoms with Crippen molar-refractivity contribution in [3.8, 4) is 0 Å². The second kappa shape index (κ2) is 6.60. The number of carbonyl (C=O) groups is 2. The average Bonchev–Trinajstić information content (AvgIpc) is 2.98. The summed E-state index contributed by atoms with van der Waals surface area (Å²) < 4.78 is 1.72. The van der Waals surface area contributed by atoms with Gasteiger partial charge in [0.05, 0.1) is 17.7 Å². The lowest BCUT2D eigenvalue weighted by Gasteiger charge is -2.28. The summed E-state index contributed by atoms with van der Waals surface area (Å²) >= 11 is 0. The van der Waals surface area contributed by atoms with Crippen molar-refractivity contribution >= 4 is 12.0 Å². The molecular formula is C14H22N4O3. The van der Waals surface area contributed by atoms with Crippen LogP contribution >= 0.6 is 0 Å². The molecule has 21 heavy (non-hydrogen) atoms. The summed E-state index contributed by atoms with van der Waals surface area (Å²) in [5.41, 5.74) is 0.333. The number of aryl methyl sites for hydroxylation is 1. The molecule has 116 valence electrons. The average molecular weight is 294 g/mol. The Morgan fingerprint density at radius 1 is 1.43 bits per heavy atom. The van der Waals surface area contributed by atoms with Crippen LogP contribution < -0.4 is 10.6 Å². The van der Waals surface area contributed by atoms with Crippen LogP contribution in [0, 0.1) is 0 Å². The highest BCUT2D eigenvalue weighted by Crippen LogP contribution is 2.32. The lowest BCUT2D eigenvalue weighted by atomic mass is 9.93. The quantitative estimate of drug-likeness (QED) is 0.730. The number of aliphatic carboxylic acids is 1. The first-order valence-electron chi connectivity index (χ1n) is 7.25. The third-order valence-electron chi connectivity index (χ3n) is 3.86. The Labute approximate surface area is 123 Å². The lowest BCUT2D eigenvalue weighted by molar-refractivity contribution is -0.138. The van der Waals surface area contributed by atoms with Crippen LogP contribution in [-0.4, -0.2) is 39.0 Å². The van der Waals surface area contributed by atoms with Crippen molar-refractivity contribution < 1.29 is 14.7 Å². The molecule has 7 nitrogen and oxygen atoms in total. The molecule has 0 bridgehead atoms. The molecule has 1 aliphatic carbocycles. The molecule has 0 spiro atoms. The molecule has 0 radical (unpaired) electrons. The van der Waals surface area contributed by atoms with Gasteiger partial charge in [0.1, 0.15) is 0 Å². The van der Waals surface area contributed by atoms with Gasteiger partial charge in [-0.25, -0.2) is 4.79 Å². The third-order valence-corrected chi connectivity index (χ3v) is 3.86. The molecule has 1 heterocycles. The fourth-order valence-corrected chi connectivity index (χ4v) is 2.87. The number of carboxylic acid groups (broad SMARTS) is 1. The fourth-order valence-electron chi connectivity index (χ4n) is 2.87. The number of urea groups is 1. The number of carboxylic acids is 1. The number of aromatic nitrogens is 2. The Morgan fingerprint density at radius 3 is 2.71 bits per heavy atom. The molecule has 7 heteroatoms. The maximum atomic E-state index is 11.9. The van der Waals surface area contributed by atoms with Gasteiger partial charge in [-0.2, -0.15) is 5.10 Å². The highest BCUT2D eigenvalue weighted by molar-refractivity contribution is 5.76. The van der Waals surface area contributed by atoms with E-state index >= 15 is 0 Å². The van der Waals surface area contributed by atoms with E-state index in [1.54, 1.807) is 4.68 Å². The van der Waals surface area contributed by atoms with Crippen molar-refractivity contribution in [2.45, 2.75) is 44.1 Å². The van der Waals surface area contributed by atoms with E-state index in [1.165, 1.54) is 0 Å².